The fraction of sp³-hybridized carbons (Fsp3) is 0.410. The Morgan fingerprint density at radius 3 is 1.77 bits per heavy atom. The quantitative estimate of drug-likeness (QED) is 0.179. The van der Waals surface area contributed by atoms with Gasteiger partial charge in [0.15, 0.2) is 0 Å². The number of ether oxygens (including phenoxy) is 1. The van der Waals surface area contributed by atoms with Crippen molar-refractivity contribution in [1.82, 2.24) is 15.0 Å². The average molecular weight is 736 g/mol. The van der Waals surface area contributed by atoms with E-state index in [2.05, 4.69) is 30.0 Å². The number of rotatable bonds is 5. The predicted octanol–water partition coefficient (Wildman–Crippen LogP) is 9.25. The van der Waals surface area contributed by atoms with Crippen molar-refractivity contribution in [3.63, 3.8) is 0 Å². The minimum atomic E-state index is -0.661. The summed E-state index contributed by atoms with van der Waals surface area (Å²) < 4.78 is 61.7. The molecule has 274 valence electrons. The molecule has 8 rings (SSSR count). The SMILES string of the molecule is Cc1c(N2CCCCC2)nc2cc(F)cc(F)c2c1Cl.Cc1c(N2CCCCC2)nc2cc(F)cc(F)c2c1Nc1cccc(N2CCOCC2)n1. The molecule has 6 heterocycles. The molecular formula is C39H42ClF4N7O. The van der Waals surface area contributed by atoms with Crippen LogP contribution in [0, 0.1) is 37.1 Å². The zero-order chi connectivity index (χ0) is 36.4. The highest BCUT2D eigenvalue weighted by Crippen LogP contribution is 2.38. The molecule has 3 aromatic heterocycles. The number of hydrogen-bond acceptors (Lipinski definition) is 8. The molecule has 0 unspecified atom stereocenters. The molecule has 3 saturated heterocycles. The van der Waals surface area contributed by atoms with Crippen molar-refractivity contribution in [3.05, 3.63) is 81.9 Å². The molecule has 3 aliphatic heterocycles. The molecule has 13 heteroatoms. The van der Waals surface area contributed by atoms with Crippen LogP contribution in [-0.4, -0.2) is 67.4 Å². The van der Waals surface area contributed by atoms with Gasteiger partial charge in [-0.05, 0) is 64.5 Å². The van der Waals surface area contributed by atoms with Crippen LogP contribution in [-0.2, 0) is 4.74 Å². The number of nitrogens with one attached hydrogen (secondary N) is 1. The summed E-state index contributed by atoms with van der Waals surface area (Å²) in [5.74, 6) is 0.413. The Morgan fingerprint density at radius 2 is 1.17 bits per heavy atom. The first-order valence-corrected chi connectivity index (χ1v) is 18.4. The van der Waals surface area contributed by atoms with Crippen LogP contribution in [0.15, 0.2) is 42.5 Å². The topological polar surface area (TPSA) is 69.7 Å². The number of benzene rings is 2. The van der Waals surface area contributed by atoms with E-state index in [1.165, 1.54) is 25.0 Å². The van der Waals surface area contributed by atoms with Crippen molar-refractivity contribution in [2.45, 2.75) is 52.4 Å². The summed E-state index contributed by atoms with van der Waals surface area (Å²) in [4.78, 5) is 20.4. The minimum Gasteiger partial charge on any atom is -0.378 e. The Morgan fingerprint density at radius 1 is 0.635 bits per heavy atom. The van der Waals surface area contributed by atoms with Crippen molar-refractivity contribution in [2.75, 3.05) is 72.5 Å². The second-order valence-corrected chi connectivity index (χ2v) is 14.0. The normalized spacial score (nSPS) is 16.6. The lowest BCUT2D eigenvalue weighted by Crippen LogP contribution is -2.36. The number of pyridine rings is 3. The summed E-state index contributed by atoms with van der Waals surface area (Å²) in [6.07, 6.45) is 6.78. The lowest BCUT2D eigenvalue weighted by atomic mass is 10.1. The first-order chi connectivity index (χ1) is 25.2. The van der Waals surface area contributed by atoms with Gasteiger partial charge in [-0.1, -0.05) is 17.7 Å². The molecular weight excluding hydrogens is 694 g/mol. The highest BCUT2D eigenvalue weighted by molar-refractivity contribution is 6.36. The van der Waals surface area contributed by atoms with Gasteiger partial charge in [-0.15, -0.1) is 0 Å². The molecule has 3 fully saturated rings. The van der Waals surface area contributed by atoms with E-state index in [1.807, 2.05) is 32.0 Å². The third-order valence-corrected chi connectivity index (χ3v) is 10.5. The van der Waals surface area contributed by atoms with Crippen molar-refractivity contribution in [3.8, 4) is 0 Å². The second-order valence-electron chi connectivity index (χ2n) is 13.6. The van der Waals surface area contributed by atoms with E-state index >= 15 is 0 Å². The minimum absolute atomic E-state index is 0.200. The number of morpholine rings is 1. The molecule has 3 aliphatic rings. The molecule has 0 bridgehead atoms. The highest BCUT2D eigenvalue weighted by Gasteiger charge is 2.23. The van der Waals surface area contributed by atoms with E-state index in [9.17, 15) is 17.6 Å². The molecule has 8 nitrogen and oxygen atoms in total. The van der Waals surface area contributed by atoms with Crippen LogP contribution >= 0.6 is 11.6 Å². The molecule has 0 aliphatic carbocycles. The third-order valence-electron chi connectivity index (χ3n) is 10.00. The van der Waals surface area contributed by atoms with E-state index in [0.717, 1.165) is 106 Å². The van der Waals surface area contributed by atoms with Crippen molar-refractivity contribution in [1.29, 1.82) is 0 Å². The zero-order valence-electron chi connectivity index (χ0n) is 29.4. The Balaban J connectivity index is 0.000000180. The molecule has 0 amide bonds. The van der Waals surface area contributed by atoms with E-state index in [1.54, 1.807) is 0 Å². The van der Waals surface area contributed by atoms with Crippen molar-refractivity contribution in [2.24, 2.45) is 0 Å². The monoisotopic (exact) mass is 735 g/mol. The first kappa shape index (κ1) is 36.0. The van der Waals surface area contributed by atoms with Gasteiger partial charge in [0.05, 0.1) is 45.7 Å². The molecule has 5 aromatic rings. The van der Waals surface area contributed by atoms with Crippen LogP contribution in [0.2, 0.25) is 5.02 Å². The zero-order valence-corrected chi connectivity index (χ0v) is 30.2. The molecule has 1 N–H and O–H groups in total. The largest absolute Gasteiger partial charge is 0.378 e. The number of aromatic nitrogens is 3. The third kappa shape index (κ3) is 7.54. The maximum Gasteiger partial charge on any atom is 0.137 e. The summed E-state index contributed by atoms with van der Waals surface area (Å²) in [6.45, 7) is 10.3. The van der Waals surface area contributed by atoms with Gasteiger partial charge in [-0.2, -0.15) is 0 Å². The van der Waals surface area contributed by atoms with Gasteiger partial charge in [0, 0.05) is 74.7 Å². The maximum atomic E-state index is 15.0. The number of hydrogen-bond donors (Lipinski definition) is 1. The highest BCUT2D eigenvalue weighted by atomic mass is 35.5. The number of fused-ring (bicyclic) bond motifs is 2. The summed E-state index contributed by atoms with van der Waals surface area (Å²) in [5, 5.41) is 4.14. The van der Waals surface area contributed by atoms with Gasteiger partial charge in [-0.25, -0.2) is 32.5 Å². The predicted molar refractivity (Wildman–Crippen MR) is 200 cm³/mol. The number of halogens is 5. The number of anilines is 5. The van der Waals surface area contributed by atoms with Crippen LogP contribution in [0.25, 0.3) is 21.8 Å². The summed E-state index contributed by atoms with van der Waals surface area (Å²) in [5.41, 5.74) is 2.76. The Labute approximate surface area is 305 Å². The van der Waals surface area contributed by atoms with Crippen LogP contribution in [0.3, 0.4) is 0 Å². The smallest absolute Gasteiger partial charge is 0.137 e. The first-order valence-electron chi connectivity index (χ1n) is 18.0. The van der Waals surface area contributed by atoms with Crippen LogP contribution in [0.5, 0.6) is 0 Å². The van der Waals surface area contributed by atoms with Crippen molar-refractivity contribution >= 4 is 62.4 Å². The molecule has 52 heavy (non-hydrogen) atoms. The lowest BCUT2D eigenvalue weighted by Gasteiger charge is -2.30. The summed E-state index contributed by atoms with van der Waals surface area (Å²) in [6, 6.07) is 10.0. The second kappa shape index (κ2) is 15.7. The summed E-state index contributed by atoms with van der Waals surface area (Å²) >= 11 is 6.28. The van der Waals surface area contributed by atoms with E-state index < -0.39 is 23.3 Å². The average Bonchev–Trinajstić information content (AvgIpc) is 3.15. The Hall–Kier alpha value is -4.42. The van der Waals surface area contributed by atoms with Gasteiger partial charge < -0.3 is 24.8 Å². The molecule has 0 spiro atoms. The van der Waals surface area contributed by atoms with Crippen molar-refractivity contribution < 1.29 is 22.3 Å². The van der Waals surface area contributed by atoms with E-state index in [0.29, 0.717) is 35.3 Å². The molecule has 0 saturated carbocycles. The number of piperidine rings is 2. The van der Waals surface area contributed by atoms with Gasteiger partial charge in [0.2, 0.25) is 0 Å². The lowest BCUT2D eigenvalue weighted by molar-refractivity contribution is 0.122. The van der Waals surface area contributed by atoms with Crippen LogP contribution < -0.4 is 20.0 Å². The molecule has 2 aromatic carbocycles. The van der Waals surface area contributed by atoms with Gasteiger partial charge >= 0.3 is 0 Å². The maximum absolute atomic E-state index is 15.0. The van der Waals surface area contributed by atoms with E-state index in [-0.39, 0.29) is 16.3 Å². The molecule has 0 radical (unpaired) electrons. The van der Waals surface area contributed by atoms with Crippen LogP contribution in [0.4, 0.5) is 46.5 Å². The van der Waals surface area contributed by atoms with Crippen LogP contribution in [0.1, 0.15) is 49.7 Å². The summed E-state index contributed by atoms with van der Waals surface area (Å²) in [7, 11) is 0. The van der Waals surface area contributed by atoms with Gasteiger partial charge in [0.25, 0.3) is 0 Å². The molecule has 0 atom stereocenters. The van der Waals surface area contributed by atoms with Gasteiger partial charge in [-0.3, -0.25) is 0 Å². The fourth-order valence-corrected chi connectivity index (χ4v) is 7.59. The standard InChI is InChI=1S/C24H27F2N5O.C15H15ClF2N2/c1-16-23(29-20-6-5-7-21(28-20)30-10-12-32-13-11-30)22-18(26)14-17(25)15-19(22)27-24(16)31-8-3-2-4-9-31;1-9-14(16)13-11(18)7-10(17)8-12(13)19-15(9)20-5-3-2-4-6-20/h5-7,14-15H,2-4,8-13H2,1H3,(H,27,28,29);7-8H,2-6H2,1H3. The fourth-order valence-electron chi connectivity index (χ4n) is 7.31. The van der Waals surface area contributed by atoms with Gasteiger partial charge in [0.1, 0.15) is 46.5 Å². The van der Waals surface area contributed by atoms with E-state index in [4.69, 9.17) is 21.3 Å². The Kier molecular flexibility index (Phi) is 10.8. The Bertz CT molecular complexity index is 2080. The number of nitrogens with zero attached hydrogens (tertiary/aromatic N) is 6.